The van der Waals surface area contributed by atoms with E-state index in [9.17, 15) is 9.90 Å². The molecule has 4 heteroatoms. The molecule has 0 aliphatic heterocycles. The van der Waals surface area contributed by atoms with E-state index >= 15 is 0 Å². The molecule has 0 aliphatic rings. The summed E-state index contributed by atoms with van der Waals surface area (Å²) in [5, 5.41) is 11.0. The lowest BCUT2D eigenvalue weighted by atomic mass is 10.1. The second kappa shape index (κ2) is 4.07. The van der Waals surface area contributed by atoms with E-state index in [1.54, 1.807) is 12.1 Å². The van der Waals surface area contributed by atoms with Crippen LogP contribution in [0.5, 0.6) is 0 Å². The summed E-state index contributed by atoms with van der Waals surface area (Å²) in [6.45, 7) is 0. The number of aromatic nitrogens is 1. The van der Waals surface area contributed by atoms with Crippen LogP contribution >= 0.6 is 15.9 Å². The van der Waals surface area contributed by atoms with Gasteiger partial charge >= 0.3 is 5.97 Å². The monoisotopic (exact) mass is 301 g/mol. The van der Waals surface area contributed by atoms with E-state index in [0.717, 1.165) is 20.8 Å². The first-order valence-corrected chi connectivity index (χ1v) is 6.17. The predicted molar refractivity (Wildman–Crippen MR) is 73.9 cm³/mol. The highest BCUT2D eigenvalue weighted by molar-refractivity contribution is 9.10. The van der Waals surface area contributed by atoms with Crippen LogP contribution < -0.4 is 0 Å². The predicted octanol–water partition coefficient (Wildman–Crippen LogP) is 3.85. The number of nitrogens with zero attached hydrogens (tertiary/aromatic N) is 1. The number of benzene rings is 2. The van der Waals surface area contributed by atoms with Gasteiger partial charge in [0.1, 0.15) is 0 Å². The Morgan fingerprint density at radius 2 is 1.72 bits per heavy atom. The fourth-order valence-electron chi connectivity index (χ4n) is 2.02. The average Bonchev–Trinajstić information content (AvgIpc) is 2.36. The third kappa shape index (κ3) is 1.66. The quantitative estimate of drug-likeness (QED) is 0.695. The number of para-hydroxylation sites is 2. The molecule has 3 aromatic rings. The third-order valence-corrected chi connectivity index (χ3v) is 3.49. The molecule has 0 saturated carbocycles. The molecule has 0 atom stereocenters. The van der Waals surface area contributed by atoms with Gasteiger partial charge < -0.3 is 5.11 Å². The van der Waals surface area contributed by atoms with Crippen LogP contribution in [-0.4, -0.2) is 16.1 Å². The maximum atomic E-state index is 11.2. The molecular formula is C14H8BrNO2. The molecule has 1 aromatic heterocycles. The molecule has 88 valence electrons. The number of carboxylic acid groups (broad SMARTS) is 1. The molecule has 0 unspecified atom stereocenters. The van der Waals surface area contributed by atoms with Crippen LogP contribution in [0.1, 0.15) is 10.4 Å². The van der Waals surface area contributed by atoms with Crippen molar-refractivity contribution >= 4 is 43.7 Å². The van der Waals surface area contributed by atoms with Crippen molar-refractivity contribution in [2.24, 2.45) is 0 Å². The van der Waals surface area contributed by atoms with Crippen molar-refractivity contribution in [3.8, 4) is 0 Å². The largest absolute Gasteiger partial charge is 0.478 e. The molecule has 1 N–H and O–H groups in total. The van der Waals surface area contributed by atoms with Crippen LogP contribution in [-0.2, 0) is 0 Å². The Balaban J connectivity index is 2.50. The first-order chi connectivity index (χ1) is 8.66. The summed E-state index contributed by atoms with van der Waals surface area (Å²) in [7, 11) is 0. The molecule has 3 rings (SSSR count). The van der Waals surface area contributed by atoms with Gasteiger partial charge in [0.15, 0.2) is 0 Å². The van der Waals surface area contributed by atoms with Crippen LogP contribution in [0.15, 0.2) is 46.9 Å². The summed E-state index contributed by atoms with van der Waals surface area (Å²) >= 11 is 3.43. The van der Waals surface area contributed by atoms with Crippen molar-refractivity contribution in [1.29, 1.82) is 0 Å². The van der Waals surface area contributed by atoms with Crippen molar-refractivity contribution in [3.63, 3.8) is 0 Å². The van der Waals surface area contributed by atoms with Crippen molar-refractivity contribution < 1.29 is 9.90 Å². The fraction of sp³-hybridized carbons (Fsp3) is 0. The number of aromatic carboxylic acids is 1. The Hall–Kier alpha value is -1.94. The summed E-state index contributed by atoms with van der Waals surface area (Å²) in [5.74, 6) is -0.959. The van der Waals surface area contributed by atoms with Gasteiger partial charge in [-0.05, 0) is 34.1 Å². The molecule has 3 nitrogen and oxygen atoms in total. The highest BCUT2D eigenvalue weighted by atomic mass is 79.9. The van der Waals surface area contributed by atoms with E-state index in [1.807, 2.05) is 30.3 Å². The maximum absolute atomic E-state index is 11.2. The zero-order valence-electron chi connectivity index (χ0n) is 9.22. The summed E-state index contributed by atoms with van der Waals surface area (Å²) in [4.78, 5) is 15.7. The molecule has 18 heavy (non-hydrogen) atoms. The van der Waals surface area contributed by atoms with Gasteiger partial charge in [0.2, 0.25) is 0 Å². The Morgan fingerprint density at radius 1 is 1.06 bits per heavy atom. The number of rotatable bonds is 1. The smallest absolute Gasteiger partial charge is 0.337 e. The first kappa shape index (κ1) is 11.2. The molecule has 0 spiro atoms. The zero-order valence-corrected chi connectivity index (χ0v) is 10.8. The lowest BCUT2D eigenvalue weighted by Crippen LogP contribution is -1.99. The van der Waals surface area contributed by atoms with Gasteiger partial charge in [-0.3, -0.25) is 0 Å². The van der Waals surface area contributed by atoms with Crippen LogP contribution in [0.2, 0.25) is 0 Å². The van der Waals surface area contributed by atoms with E-state index in [1.165, 1.54) is 0 Å². The lowest BCUT2D eigenvalue weighted by molar-refractivity contribution is 0.0699. The van der Waals surface area contributed by atoms with Crippen LogP contribution in [0.4, 0.5) is 0 Å². The second-order valence-corrected chi connectivity index (χ2v) is 4.84. The van der Waals surface area contributed by atoms with Crippen molar-refractivity contribution in [1.82, 2.24) is 4.98 Å². The number of carbonyl (C=O) groups is 1. The van der Waals surface area contributed by atoms with Gasteiger partial charge in [-0.15, -0.1) is 0 Å². The normalized spacial score (nSPS) is 10.9. The molecule has 0 fully saturated rings. The number of hydrogen-bond donors (Lipinski definition) is 1. The summed E-state index contributed by atoms with van der Waals surface area (Å²) in [6, 6.07) is 12.9. The number of carboxylic acids is 1. The zero-order chi connectivity index (χ0) is 12.7. The molecule has 2 aromatic carbocycles. The maximum Gasteiger partial charge on any atom is 0.337 e. The Bertz CT molecular complexity index is 783. The summed E-state index contributed by atoms with van der Waals surface area (Å²) in [5.41, 5.74) is 1.52. The van der Waals surface area contributed by atoms with E-state index in [4.69, 9.17) is 0 Å². The van der Waals surface area contributed by atoms with Crippen molar-refractivity contribution in [2.45, 2.75) is 0 Å². The van der Waals surface area contributed by atoms with E-state index in [2.05, 4.69) is 20.9 Å². The summed E-state index contributed by atoms with van der Waals surface area (Å²) in [6.07, 6.45) is 0. The summed E-state index contributed by atoms with van der Waals surface area (Å²) < 4.78 is 0.863. The minimum atomic E-state index is -0.959. The average molecular weight is 302 g/mol. The molecule has 1 heterocycles. The van der Waals surface area contributed by atoms with E-state index in [0.29, 0.717) is 5.52 Å². The van der Waals surface area contributed by atoms with Crippen molar-refractivity contribution in [2.75, 3.05) is 0 Å². The molecule has 0 aliphatic carbocycles. The lowest BCUT2D eigenvalue weighted by Gasteiger charge is -2.05. The van der Waals surface area contributed by atoms with Gasteiger partial charge in [0, 0.05) is 15.2 Å². The molecule has 0 bridgehead atoms. The molecule has 0 saturated heterocycles. The van der Waals surface area contributed by atoms with Crippen LogP contribution in [0.3, 0.4) is 0 Å². The third-order valence-electron chi connectivity index (χ3n) is 2.85. The second-order valence-electron chi connectivity index (χ2n) is 3.98. The molecule has 0 radical (unpaired) electrons. The number of pyridine rings is 1. The minimum absolute atomic E-state index is 0.227. The minimum Gasteiger partial charge on any atom is -0.478 e. The SMILES string of the molecule is O=C(O)c1cccc2cc3cccc(Br)c3nc12. The van der Waals surface area contributed by atoms with Gasteiger partial charge in [-0.25, -0.2) is 9.78 Å². The van der Waals surface area contributed by atoms with Crippen LogP contribution in [0, 0.1) is 0 Å². The Morgan fingerprint density at radius 3 is 2.44 bits per heavy atom. The van der Waals surface area contributed by atoms with Crippen LogP contribution in [0.25, 0.3) is 21.8 Å². The topological polar surface area (TPSA) is 50.2 Å². The van der Waals surface area contributed by atoms with E-state index in [-0.39, 0.29) is 5.56 Å². The standard InChI is InChI=1S/C14H8BrNO2/c15-11-6-2-4-9-7-8-3-1-5-10(14(17)18)12(8)16-13(9)11/h1-7H,(H,17,18). The molecular weight excluding hydrogens is 294 g/mol. The highest BCUT2D eigenvalue weighted by Gasteiger charge is 2.11. The van der Waals surface area contributed by atoms with Gasteiger partial charge in [-0.2, -0.15) is 0 Å². The molecule has 0 amide bonds. The number of hydrogen-bond acceptors (Lipinski definition) is 2. The highest BCUT2D eigenvalue weighted by Crippen LogP contribution is 2.27. The fourth-order valence-corrected chi connectivity index (χ4v) is 2.49. The van der Waals surface area contributed by atoms with Gasteiger partial charge in [0.05, 0.1) is 16.6 Å². The number of halogens is 1. The van der Waals surface area contributed by atoms with Crippen molar-refractivity contribution in [3.05, 3.63) is 52.5 Å². The van der Waals surface area contributed by atoms with E-state index < -0.39 is 5.97 Å². The Labute approximate surface area is 111 Å². The number of fused-ring (bicyclic) bond motifs is 2. The first-order valence-electron chi connectivity index (χ1n) is 5.38. The van der Waals surface area contributed by atoms with Gasteiger partial charge in [0.25, 0.3) is 0 Å². The van der Waals surface area contributed by atoms with Gasteiger partial charge in [-0.1, -0.05) is 24.3 Å². The Kier molecular flexibility index (Phi) is 2.52.